The predicted octanol–water partition coefficient (Wildman–Crippen LogP) is 2.15. The predicted molar refractivity (Wildman–Crippen MR) is 89.0 cm³/mol. The number of carbonyl (C=O) groups is 1. The average molecular weight is 369 g/mol. The van der Waals surface area contributed by atoms with Gasteiger partial charge in [0.2, 0.25) is 14.9 Å². The van der Waals surface area contributed by atoms with Gasteiger partial charge in [0.05, 0.1) is 4.90 Å². The lowest BCUT2D eigenvalue weighted by atomic mass is 10.3. The minimum Gasteiger partial charge on any atom is -0.439 e. The lowest BCUT2D eigenvalue weighted by Gasteiger charge is -2.31. The molecular weight excluding hydrogens is 352 g/mol. The fraction of sp³-hybridized carbons (Fsp3) is 0.312. The first-order valence-corrected chi connectivity index (χ1v) is 9.32. The number of piperazine rings is 1. The molecule has 24 heavy (non-hydrogen) atoms. The van der Waals surface area contributed by atoms with Crippen LogP contribution in [0.1, 0.15) is 10.6 Å². The second-order valence-corrected chi connectivity index (χ2v) is 7.99. The number of amides is 1. The molecule has 8 heteroatoms. The fourth-order valence-electron chi connectivity index (χ4n) is 2.47. The molecule has 1 aromatic carbocycles. The molecule has 3 rings (SSSR count). The van der Waals surface area contributed by atoms with E-state index in [0.717, 1.165) is 13.1 Å². The highest BCUT2D eigenvalue weighted by molar-refractivity contribution is 7.91. The highest BCUT2D eigenvalue weighted by Crippen LogP contribution is 2.24. The van der Waals surface area contributed by atoms with E-state index in [-0.39, 0.29) is 21.7 Å². The Kier molecular flexibility index (Phi) is 4.67. The van der Waals surface area contributed by atoms with Gasteiger partial charge in [0.15, 0.2) is 5.76 Å². The van der Waals surface area contributed by atoms with Gasteiger partial charge in [0.25, 0.3) is 5.91 Å². The molecule has 0 N–H and O–H groups in total. The van der Waals surface area contributed by atoms with Crippen molar-refractivity contribution in [2.45, 2.75) is 9.99 Å². The van der Waals surface area contributed by atoms with Crippen LogP contribution >= 0.6 is 11.6 Å². The zero-order valence-electron chi connectivity index (χ0n) is 13.1. The number of hydrogen-bond acceptors (Lipinski definition) is 5. The number of carbonyl (C=O) groups excluding carboxylic acids is 1. The Bertz CT molecular complexity index is 837. The van der Waals surface area contributed by atoms with E-state index >= 15 is 0 Å². The van der Waals surface area contributed by atoms with Crippen LogP contribution in [0.5, 0.6) is 0 Å². The number of furan rings is 1. The van der Waals surface area contributed by atoms with Crippen molar-refractivity contribution in [3.05, 3.63) is 47.2 Å². The summed E-state index contributed by atoms with van der Waals surface area (Å²) >= 11 is 5.78. The number of benzene rings is 1. The van der Waals surface area contributed by atoms with E-state index in [0.29, 0.717) is 18.1 Å². The molecule has 1 aliphatic heterocycles. The van der Waals surface area contributed by atoms with Gasteiger partial charge in [-0.15, -0.1) is 0 Å². The van der Waals surface area contributed by atoms with Crippen LogP contribution in [0.15, 0.2) is 50.8 Å². The zero-order chi connectivity index (χ0) is 17.3. The van der Waals surface area contributed by atoms with Gasteiger partial charge in [-0.2, -0.15) is 0 Å². The minimum absolute atomic E-state index is 0.0343. The molecule has 1 fully saturated rings. The molecule has 0 atom stereocenters. The minimum atomic E-state index is -3.81. The Morgan fingerprint density at radius 3 is 2.29 bits per heavy atom. The van der Waals surface area contributed by atoms with Gasteiger partial charge in [-0.25, -0.2) is 8.42 Å². The van der Waals surface area contributed by atoms with E-state index in [2.05, 4.69) is 4.90 Å². The smallest absolute Gasteiger partial charge is 0.289 e. The summed E-state index contributed by atoms with van der Waals surface area (Å²) in [5.74, 6) is -0.257. The summed E-state index contributed by atoms with van der Waals surface area (Å²) in [5.41, 5.74) is 0. The van der Waals surface area contributed by atoms with E-state index in [1.165, 1.54) is 36.4 Å². The first-order valence-electron chi connectivity index (χ1n) is 7.46. The molecule has 0 spiro atoms. The third kappa shape index (κ3) is 3.33. The lowest BCUT2D eigenvalue weighted by molar-refractivity contribution is 0.0627. The molecule has 0 aliphatic carbocycles. The van der Waals surface area contributed by atoms with E-state index in [4.69, 9.17) is 16.0 Å². The third-order valence-corrected chi connectivity index (χ3v) is 5.87. The topological polar surface area (TPSA) is 70.8 Å². The van der Waals surface area contributed by atoms with Crippen molar-refractivity contribution in [2.75, 3.05) is 33.2 Å². The van der Waals surface area contributed by atoms with Gasteiger partial charge in [-0.05, 0) is 43.4 Å². The zero-order valence-corrected chi connectivity index (χ0v) is 14.7. The Morgan fingerprint density at radius 1 is 1.04 bits per heavy atom. The highest BCUT2D eigenvalue weighted by Gasteiger charge is 2.27. The normalized spacial score (nSPS) is 16.3. The second-order valence-electron chi connectivity index (χ2n) is 5.67. The summed E-state index contributed by atoms with van der Waals surface area (Å²) in [7, 11) is -1.82. The number of sulfone groups is 1. The SMILES string of the molecule is CN1CCN(C(=O)c2ccc(S(=O)(=O)c3ccc(Cl)cc3)o2)CC1. The van der Waals surface area contributed by atoms with Gasteiger partial charge in [-0.3, -0.25) is 4.79 Å². The number of halogens is 1. The Morgan fingerprint density at radius 2 is 1.67 bits per heavy atom. The molecule has 2 aromatic rings. The van der Waals surface area contributed by atoms with Crippen LogP contribution < -0.4 is 0 Å². The molecule has 6 nitrogen and oxygen atoms in total. The first kappa shape index (κ1) is 17.0. The molecule has 0 saturated carbocycles. The summed E-state index contributed by atoms with van der Waals surface area (Å²) < 4.78 is 30.4. The van der Waals surface area contributed by atoms with Crippen molar-refractivity contribution in [1.29, 1.82) is 0 Å². The third-order valence-electron chi connectivity index (χ3n) is 3.97. The van der Waals surface area contributed by atoms with E-state index in [1.54, 1.807) is 4.90 Å². The van der Waals surface area contributed by atoms with Crippen LogP contribution in [0.3, 0.4) is 0 Å². The maximum atomic E-state index is 12.5. The van der Waals surface area contributed by atoms with Crippen LogP contribution in [-0.4, -0.2) is 57.4 Å². The largest absolute Gasteiger partial charge is 0.439 e. The highest BCUT2D eigenvalue weighted by atomic mass is 35.5. The summed E-state index contributed by atoms with van der Waals surface area (Å²) in [6.07, 6.45) is 0. The van der Waals surface area contributed by atoms with Gasteiger partial charge in [0.1, 0.15) is 0 Å². The average Bonchev–Trinajstić information content (AvgIpc) is 3.06. The summed E-state index contributed by atoms with van der Waals surface area (Å²) in [6.45, 7) is 2.75. The lowest BCUT2D eigenvalue weighted by Crippen LogP contribution is -2.47. The summed E-state index contributed by atoms with van der Waals surface area (Å²) in [4.78, 5) is 16.3. The van der Waals surface area contributed by atoms with E-state index in [1.807, 2.05) is 7.05 Å². The molecule has 0 unspecified atom stereocenters. The number of hydrogen-bond donors (Lipinski definition) is 0. The fourth-order valence-corrected chi connectivity index (χ4v) is 3.77. The molecule has 1 saturated heterocycles. The van der Waals surface area contributed by atoms with Crippen LogP contribution in [0.2, 0.25) is 5.02 Å². The van der Waals surface area contributed by atoms with Crippen LogP contribution in [0, 0.1) is 0 Å². The Balaban J connectivity index is 1.82. The van der Waals surface area contributed by atoms with Crippen molar-refractivity contribution in [2.24, 2.45) is 0 Å². The van der Waals surface area contributed by atoms with Crippen molar-refractivity contribution in [3.63, 3.8) is 0 Å². The molecule has 1 aliphatic rings. The molecule has 0 bridgehead atoms. The maximum absolute atomic E-state index is 12.5. The molecule has 0 radical (unpaired) electrons. The van der Waals surface area contributed by atoms with Gasteiger partial charge in [-0.1, -0.05) is 11.6 Å². The Hall–Kier alpha value is -1.83. The summed E-state index contributed by atoms with van der Waals surface area (Å²) in [5, 5.41) is 0.196. The molecule has 1 amide bonds. The number of likely N-dealkylation sites (N-methyl/N-ethyl adjacent to an activating group) is 1. The van der Waals surface area contributed by atoms with Gasteiger partial charge >= 0.3 is 0 Å². The monoisotopic (exact) mass is 368 g/mol. The van der Waals surface area contributed by atoms with Crippen molar-refractivity contribution >= 4 is 27.3 Å². The number of rotatable bonds is 3. The van der Waals surface area contributed by atoms with E-state index < -0.39 is 9.84 Å². The van der Waals surface area contributed by atoms with Gasteiger partial charge in [0, 0.05) is 31.2 Å². The molecular formula is C16H17ClN2O4S. The Labute approximate surface area is 145 Å². The van der Waals surface area contributed by atoms with Crippen LogP contribution in [0.4, 0.5) is 0 Å². The van der Waals surface area contributed by atoms with Gasteiger partial charge < -0.3 is 14.2 Å². The molecule has 2 heterocycles. The quantitative estimate of drug-likeness (QED) is 0.830. The first-order chi connectivity index (χ1) is 11.4. The summed E-state index contributed by atoms with van der Waals surface area (Å²) in [6, 6.07) is 8.52. The van der Waals surface area contributed by atoms with Crippen molar-refractivity contribution < 1.29 is 17.6 Å². The maximum Gasteiger partial charge on any atom is 0.289 e. The van der Waals surface area contributed by atoms with Crippen molar-refractivity contribution in [3.8, 4) is 0 Å². The van der Waals surface area contributed by atoms with Crippen LogP contribution in [0.25, 0.3) is 0 Å². The second kappa shape index (κ2) is 6.58. The number of nitrogens with zero attached hydrogens (tertiary/aromatic N) is 2. The standard InChI is InChI=1S/C16H17ClN2O4S/c1-18-8-10-19(11-9-18)16(20)14-6-7-15(23-14)24(21,22)13-4-2-12(17)3-5-13/h2-7H,8-11H2,1H3. The molecule has 1 aromatic heterocycles. The van der Waals surface area contributed by atoms with Crippen molar-refractivity contribution in [1.82, 2.24) is 9.80 Å². The van der Waals surface area contributed by atoms with E-state index in [9.17, 15) is 13.2 Å². The van der Waals surface area contributed by atoms with Crippen LogP contribution in [-0.2, 0) is 9.84 Å². The molecule has 128 valence electrons.